The lowest BCUT2D eigenvalue weighted by atomic mass is 9.64. The molecule has 3 aliphatic rings. The first-order valence-electron chi connectivity index (χ1n) is 3.41. The first kappa shape index (κ1) is 4.80. The van der Waals surface area contributed by atoms with Gasteiger partial charge in [-0.15, -0.1) is 0 Å². The minimum Gasteiger partial charge on any atom is -0.371 e. The summed E-state index contributed by atoms with van der Waals surface area (Å²) in [5, 5.41) is 0. The number of hydrogen-bond acceptors (Lipinski definition) is 1. The van der Waals surface area contributed by atoms with Crippen LogP contribution in [0.15, 0.2) is 0 Å². The summed E-state index contributed by atoms with van der Waals surface area (Å²) in [5.74, 6) is 0.743. The molecule has 46 valence electrons. The van der Waals surface area contributed by atoms with Gasteiger partial charge >= 0.3 is 0 Å². The monoisotopic (exact) mass is 112 g/mol. The number of hydrogen-bond donors (Lipinski definition) is 0. The van der Waals surface area contributed by atoms with Gasteiger partial charge in [-0.05, 0) is 5.92 Å². The van der Waals surface area contributed by atoms with Crippen LogP contribution in [0.3, 0.4) is 0 Å². The van der Waals surface area contributed by atoms with Gasteiger partial charge in [-0.1, -0.05) is 13.8 Å². The molecule has 2 bridgehead atoms. The van der Waals surface area contributed by atoms with E-state index in [4.69, 9.17) is 4.74 Å². The van der Waals surface area contributed by atoms with Gasteiger partial charge in [-0.25, -0.2) is 0 Å². The van der Waals surface area contributed by atoms with Crippen LogP contribution in [0.2, 0.25) is 0 Å². The molecule has 0 spiro atoms. The quantitative estimate of drug-likeness (QED) is 0.500. The standard InChI is InChI=1S/C7H12O/c1-5(2)7-3-6(4-7)8-7/h5-6H,3-4H2,1-2H3. The van der Waals surface area contributed by atoms with E-state index >= 15 is 0 Å². The predicted molar refractivity (Wildman–Crippen MR) is 31.7 cm³/mol. The Bertz CT molecular complexity index is 101. The lowest BCUT2D eigenvalue weighted by molar-refractivity contribution is -0.339. The second kappa shape index (κ2) is 1.10. The van der Waals surface area contributed by atoms with Crippen LogP contribution in [0, 0.1) is 5.92 Å². The zero-order chi connectivity index (χ0) is 5.78. The highest BCUT2D eigenvalue weighted by Crippen LogP contribution is 2.55. The molecule has 0 atom stereocenters. The second-order valence-corrected chi connectivity index (χ2v) is 3.37. The lowest BCUT2D eigenvalue weighted by Gasteiger charge is -2.63. The third-order valence-corrected chi connectivity index (χ3v) is 2.60. The first-order valence-corrected chi connectivity index (χ1v) is 3.41. The molecule has 1 nitrogen and oxygen atoms in total. The molecule has 2 heterocycles. The molecule has 3 rings (SSSR count). The minimum atomic E-state index is 0.366. The molecular weight excluding hydrogens is 100 g/mol. The molecular formula is C7H12O. The van der Waals surface area contributed by atoms with E-state index in [0.717, 1.165) is 5.92 Å². The van der Waals surface area contributed by atoms with Gasteiger partial charge in [0.05, 0.1) is 11.7 Å². The minimum absolute atomic E-state index is 0.366. The number of ether oxygens (including phenoxy) is 1. The van der Waals surface area contributed by atoms with Gasteiger partial charge in [0.15, 0.2) is 0 Å². The van der Waals surface area contributed by atoms with Gasteiger partial charge in [0.25, 0.3) is 0 Å². The second-order valence-electron chi connectivity index (χ2n) is 3.37. The van der Waals surface area contributed by atoms with Crippen molar-refractivity contribution in [2.24, 2.45) is 5.92 Å². The van der Waals surface area contributed by atoms with Crippen LogP contribution in [0.5, 0.6) is 0 Å². The van der Waals surface area contributed by atoms with Gasteiger partial charge in [0.2, 0.25) is 0 Å². The third kappa shape index (κ3) is 0.334. The van der Waals surface area contributed by atoms with Gasteiger partial charge in [-0.3, -0.25) is 0 Å². The molecule has 3 fully saturated rings. The Kier molecular flexibility index (Phi) is 0.663. The summed E-state index contributed by atoms with van der Waals surface area (Å²) in [6.45, 7) is 4.49. The normalized spacial score (nSPS) is 50.6. The predicted octanol–water partition coefficient (Wildman–Crippen LogP) is 1.57. The molecule has 0 unspecified atom stereocenters. The van der Waals surface area contributed by atoms with Crippen LogP contribution < -0.4 is 0 Å². The molecule has 0 aromatic carbocycles. The maximum Gasteiger partial charge on any atom is 0.0758 e. The Balaban J connectivity index is 2.04. The van der Waals surface area contributed by atoms with Crippen molar-refractivity contribution >= 4 is 0 Å². The smallest absolute Gasteiger partial charge is 0.0758 e. The fourth-order valence-electron chi connectivity index (χ4n) is 1.63. The zero-order valence-electron chi connectivity index (χ0n) is 5.48. The van der Waals surface area contributed by atoms with Crippen LogP contribution in [-0.4, -0.2) is 11.7 Å². The molecule has 0 radical (unpaired) electrons. The topological polar surface area (TPSA) is 9.23 Å². The van der Waals surface area contributed by atoms with Crippen molar-refractivity contribution in [3.8, 4) is 0 Å². The highest BCUT2D eigenvalue weighted by molar-refractivity contribution is 5.09. The maximum absolute atomic E-state index is 5.48. The summed E-state index contributed by atoms with van der Waals surface area (Å²) in [4.78, 5) is 0. The molecule has 2 aliphatic heterocycles. The molecule has 1 heteroatoms. The molecule has 0 amide bonds. The van der Waals surface area contributed by atoms with E-state index in [9.17, 15) is 0 Å². The van der Waals surface area contributed by atoms with Crippen LogP contribution >= 0.6 is 0 Å². The largest absolute Gasteiger partial charge is 0.371 e. The fraction of sp³-hybridized carbons (Fsp3) is 1.00. The lowest BCUT2D eigenvalue weighted by Crippen LogP contribution is -2.67. The Hall–Kier alpha value is -0.0400. The van der Waals surface area contributed by atoms with Gasteiger partial charge < -0.3 is 4.74 Å². The maximum atomic E-state index is 5.48. The van der Waals surface area contributed by atoms with Crippen LogP contribution in [0.1, 0.15) is 26.7 Å². The summed E-state index contributed by atoms with van der Waals surface area (Å²) >= 11 is 0. The molecule has 0 aromatic rings. The average molecular weight is 112 g/mol. The number of rotatable bonds is 1. The molecule has 1 aliphatic carbocycles. The van der Waals surface area contributed by atoms with Gasteiger partial charge in [0.1, 0.15) is 0 Å². The van der Waals surface area contributed by atoms with Crippen molar-refractivity contribution in [3.05, 3.63) is 0 Å². The van der Waals surface area contributed by atoms with Gasteiger partial charge in [-0.2, -0.15) is 0 Å². The highest BCUT2D eigenvalue weighted by Gasteiger charge is 2.60. The molecule has 8 heavy (non-hydrogen) atoms. The Morgan fingerprint density at radius 1 is 1.50 bits per heavy atom. The van der Waals surface area contributed by atoms with Crippen molar-refractivity contribution in [3.63, 3.8) is 0 Å². The van der Waals surface area contributed by atoms with Crippen molar-refractivity contribution in [2.75, 3.05) is 0 Å². The van der Waals surface area contributed by atoms with Crippen molar-refractivity contribution < 1.29 is 4.74 Å². The van der Waals surface area contributed by atoms with E-state index in [2.05, 4.69) is 13.8 Å². The third-order valence-electron chi connectivity index (χ3n) is 2.60. The van der Waals surface area contributed by atoms with E-state index in [-0.39, 0.29) is 0 Å². The summed E-state index contributed by atoms with van der Waals surface area (Å²) in [7, 11) is 0. The first-order chi connectivity index (χ1) is 3.73. The molecule has 0 N–H and O–H groups in total. The summed E-state index contributed by atoms with van der Waals surface area (Å²) in [5.41, 5.74) is 0.366. The van der Waals surface area contributed by atoms with E-state index in [1.54, 1.807) is 0 Å². The average Bonchev–Trinajstić information content (AvgIpc) is 1.16. The summed E-state index contributed by atoms with van der Waals surface area (Å²) in [6, 6.07) is 0. The molecule has 1 saturated carbocycles. The Labute approximate surface area is 50.0 Å². The van der Waals surface area contributed by atoms with E-state index in [0.29, 0.717) is 11.7 Å². The Morgan fingerprint density at radius 2 is 2.00 bits per heavy atom. The van der Waals surface area contributed by atoms with E-state index < -0.39 is 0 Å². The van der Waals surface area contributed by atoms with Crippen LogP contribution in [-0.2, 0) is 4.74 Å². The van der Waals surface area contributed by atoms with Gasteiger partial charge in [0, 0.05) is 12.8 Å². The summed E-state index contributed by atoms with van der Waals surface area (Å²) in [6.07, 6.45) is 3.34. The van der Waals surface area contributed by atoms with E-state index in [1.807, 2.05) is 0 Å². The van der Waals surface area contributed by atoms with Crippen LogP contribution in [0.25, 0.3) is 0 Å². The van der Waals surface area contributed by atoms with E-state index in [1.165, 1.54) is 12.8 Å². The van der Waals surface area contributed by atoms with Crippen molar-refractivity contribution in [2.45, 2.75) is 38.4 Å². The fourth-order valence-corrected chi connectivity index (χ4v) is 1.63. The highest BCUT2D eigenvalue weighted by atomic mass is 16.6. The van der Waals surface area contributed by atoms with Crippen molar-refractivity contribution in [1.82, 2.24) is 0 Å². The Morgan fingerprint density at radius 3 is 2.00 bits per heavy atom. The SMILES string of the molecule is CC(C)C12CC(C1)O2. The summed E-state index contributed by atoms with van der Waals surface area (Å²) < 4.78 is 5.48. The zero-order valence-corrected chi connectivity index (χ0v) is 5.48. The van der Waals surface area contributed by atoms with Crippen molar-refractivity contribution in [1.29, 1.82) is 0 Å². The molecule has 0 aromatic heterocycles. The molecule has 2 saturated heterocycles. The van der Waals surface area contributed by atoms with Crippen LogP contribution in [0.4, 0.5) is 0 Å².